The average molecular weight is 278 g/mol. The van der Waals surface area contributed by atoms with E-state index < -0.39 is 12.0 Å². The molecule has 0 radical (unpaired) electrons. The maximum Gasteiger partial charge on any atom is 0.326 e. The van der Waals surface area contributed by atoms with Gasteiger partial charge in [-0.2, -0.15) is 0 Å². The van der Waals surface area contributed by atoms with Gasteiger partial charge in [0.05, 0.1) is 0 Å². The van der Waals surface area contributed by atoms with Crippen LogP contribution in [-0.4, -0.2) is 39.1 Å². The Morgan fingerprint density at radius 2 is 2.15 bits per heavy atom. The van der Waals surface area contributed by atoms with Crippen molar-refractivity contribution in [2.75, 3.05) is 0 Å². The smallest absolute Gasteiger partial charge is 0.326 e. The summed E-state index contributed by atoms with van der Waals surface area (Å²) < 4.78 is 4.93. The number of likely N-dealkylation sites (tertiary alicyclic amines) is 1. The molecule has 0 aromatic carbocycles. The van der Waals surface area contributed by atoms with Crippen molar-refractivity contribution in [3.8, 4) is 0 Å². The summed E-state index contributed by atoms with van der Waals surface area (Å²) in [6.45, 7) is 1.71. The minimum Gasteiger partial charge on any atom is -0.480 e. The summed E-state index contributed by atoms with van der Waals surface area (Å²) in [6.07, 6.45) is 4.63. The molecule has 1 aliphatic carbocycles. The highest BCUT2D eigenvalue weighted by atomic mass is 16.5. The summed E-state index contributed by atoms with van der Waals surface area (Å²) in [5.41, 5.74) is 0.208. The van der Waals surface area contributed by atoms with Crippen molar-refractivity contribution in [2.24, 2.45) is 5.92 Å². The van der Waals surface area contributed by atoms with Crippen molar-refractivity contribution in [2.45, 2.75) is 51.1 Å². The van der Waals surface area contributed by atoms with Gasteiger partial charge in [0, 0.05) is 12.1 Å². The van der Waals surface area contributed by atoms with E-state index in [1.807, 2.05) is 0 Å². The molecule has 6 heteroatoms. The first-order valence-corrected chi connectivity index (χ1v) is 7.06. The number of rotatable bonds is 2. The van der Waals surface area contributed by atoms with Crippen molar-refractivity contribution in [3.05, 3.63) is 17.5 Å². The fourth-order valence-electron chi connectivity index (χ4n) is 3.57. The van der Waals surface area contributed by atoms with Crippen LogP contribution in [0, 0.1) is 12.8 Å². The monoisotopic (exact) mass is 278 g/mol. The summed E-state index contributed by atoms with van der Waals surface area (Å²) in [5, 5.41) is 13.1. The molecule has 2 aliphatic rings. The van der Waals surface area contributed by atoms with Gasteiger partial charge in [0.1, 0.15) is 11.8 Å². The maximum absolute atomic E-state index is 12.6. The van der Waals surface area contributed by atoms with Crippen LogP contribution in [0.15, 0.2) is 10.6 Å². The van der Waals surface area contributed by atoms with Gasteiger partial charge in [-0.25, -0.2) is 4.79 Å². The maximum atomic E-state index is 12.6. The van der Waals surface area contributed by atoms with Crippen LogP contribution in [0.2, 0.25) is 0 Å². The number of aromatic nitrogens is 1. The zero-order valence-corrected chi connectivity index (χ0v) is 11.4. The molecule has 1 aromatic rings. The Balaban J connectivity index is 1.90. The summed E-state index contributed by atoms with van der Waals surface area (Å²) in [6, 6.07) is 0.874. The number of amides is 1. The number of nitrogens with zero attached hydrogens (tertiary/aromatic N) is 2. The molecule has 20 heavy (non-hydrogen) atoms. The van der Waals surface area contributed by atoms with Gasteiger partial charge in [-0.3, -0.25) is 4.79 Å². The molecule has 2 fully saturated rings. The molecule has 1 saturated heterocycles. The van der Waals surface area contributed by atoms with Crippen molar-refractivity contribution in [1.82, 2.24) is 10.1 Å². The van der Waals surface area contributed by atoms with Crippen LogP contribution < -0.4 is 0 Å². The SMILES string of the molecule is Cc1cc(C(=O)N2[C@@H]3CCCC[C@H]3C[C@H]2C(=O)O)no1. The third-order valence-electron chi connectivity index (χ3n) is 4.45. The quantitative estimate of drug-likeness (QED) is 0.892. The molecule has 3 atom stereocenters. The van der Waals surface area contributed by atoms with Crippen LogP contribution in [0.1, 0.15) is 48.4 Å². The van der Waals surface area contributed by atoms with Crippen LogP contribution >= 0.6 is 0 Å². The van der Waals surface area contributed by atoms with Gasteiger partial charge >= 0.3 is 5.97 Å². The Kier molecular flexibility index (Phi) is 3.23. The highest BCUT2D eigenvalue weighted by Gasteiger charge is 2.48. The summed E-state index contributed by atoms with van der Waals surface area (Å²) in [5.74, 6) is -0.377. The number of hydrogen-bond acceptors (Lipinski definition) is 4. The molecule has 3 rings (SSSR count). The molecule has 0 unspecified atom stereocenters. The molecule has 0 bridgehead atoms. The van der Waals surface area contributed by atoms with Gasteiger partial charge in [-0.15, -0.1) is 0 Å². The number of carboxylic acids is 1. The molecule has 0 spiro atoms. The van der Waals surface area contributed by atoms with E-state index in [0.29, 0.717) is 18.1 Å². The van der Waals surface area contributed by atoms with E-state index in [-0.39, 0.29) is 17.6 Å². The topological polar surface area (TPSA) is 83.6 Å². The van der Waals surface area contributed by atoms with Crippen molar-refractivity contribution < 1.29 is 19.2 Å². The Hall–Kier alpha value is -1.85. The second-order valence-electron chi connectivity index (χ2n) is 5.74. The molecule has 1 aliphatic heterocycles. The first-order valence-electron chi connectivity index (χ1n) is 7.06. The lowest BCUT2D eigenvalue weighted by molar-refractivity contribution is -0.141. The first-order chi connectivity index (χ1) is 9.58. The molecular formula is C14H18N2O4. The molecule has 108 valence electrons. The third kappa shape index (κ3) is 2.09. The molecule has 1 N–H and O–H groups in total. The Morgan fingerprint density at radius 1 is 1.40 bits per heavy atom. The van der Waals surface area contributed by atoms with E-state index in [1.165, 1.54) is 4.90 Å². The fourth-order valence-corrected chi connectivity index (χ4v) is 3.57. The molecule has 2 heterocycles. The summed E-state index contributed by atoms with van der Waals surface area (Å²) in [4.78, 5) is 25.6. The number of fused-ring (bicyclic) bond motifs is 1. The van der Waals surface area contributed by atoms with E-state index in [1.54, 1.807) is 13.0 Å². The number of hydrogen-bond donors (Lipinski definition) is 1. The van der Waals surface area contributed by atoms with E-state index >= 15 is 0 Å². The summed E-state index contributed by atoms with van der Waals surface area (Å²) >= 11 is 0. The number of aryl methyl sites for hydroxylation is 1. The van der Waals surface area contributed by atoms with E-state index in [9.17, 15) is 14.7 Å². The summed E-state index contributed by atoms with van der Waals surface area (Å²) in [7, 11) is 0. The van der Waals surface area contributed by atoms with Crippen LogP contribution in [0.4, 0.5) is 0 Å². The molecule has 1 amide bonds. The number of carbonyl (C=O) groups excluding carboxylic acids is 1. The van der Waals surface area contributed by atoms with Crippen LogP contribution in [-0.2, 0) is 4.79 Å². The van der Waals surface area contributed by atoms with Gasteiger partial charge in [-0.05, 0) is 32.1 Å². The second kappa shape index (κ2) is 4.92. The van der Waals surface area contributed by atoms with Gasteiger partial charge in [-0.1, -0.05) is 18.0 Å². The van der Waals surface area contributed by atoms with Crippen LogP contribution in [0.3, 0.4) is 0 Å². The fraction of sp³-hybridized carbons (Fsp3) is 0.643. The normalized spacial score (nSPS) is 29.2. The number of carbonyl (C=O) groups is 2. The zero-order chi connectivity index (χ0) is 14.3. The zero-order valence-electron chi connectivity index (χ0n) is 11.4. The molecular weight excluding hydrogens is 260 g/mol. The molecule has 1 aromatic heterocycles. The minimum absolute atomic E-state index is 0.0364. The van der Waals surface area contributed by atoms with Crippen molar-refractivity contribution in [3.63, 3.8) is 0 Å². The number of carboxylic acid groups (broad SMARTS) is 1. The molecule has 6 nitrogen and oxygen atoms in total. The van der Waals surface area contributed by atoms with Crippen molar-refractivity contribution in [1.29, 1.82) is 0 Å². The largest absolute Gasteiger partial charge is 0.480 e. The highest BCUT2D eigenvalue weighted by molar-refractivity contribution is 5.95. The third-order valence-corrected chi connectivity index (χ3v) is 4.45. The lowest BCUT2D eigenvalue weighted by Crippen LogP contribution is -2.46. The lowest BCUT2D eigenvalue weighted by atomic mass is 9.84. The van der Waals surface area contributed by atoms with Gasteiger partial charge in [0.25, 0.3) is 5.91 Å². The Labute approximate surface area is 116 Å². The van der Waals surface area contributed by atoms with E-state index in [0.717, 1.165) is 25.7 Å². The lowest BCUT2D eigenvalue weighted by Gasteiger charge is -2.32. The average Bonchev–Trinajstić information content (AvgIpc) is 3.01. The predicted octanol–water partition coefficient (Wildman–Crippen LogP) is 1.84. The van der Waals surface area contributed by atoms with E-state index in [4.69, 9.17) is 4.52 Å². The first kappa shape index (κ1) is 13.1. The van der Waals surface area contributed by atoms with Gasteiger partial charge in [0.2, 0.25) is 0 Å². The highest BCUT2D eigenvalue weighted by Crippen LogP contribution is 2.40. The van der Waals surface area contributed by atoms with Crippen LogP contribution in [0.5, 0.6) is 0 Å². The Bertz CT molecular complexity index is 539. The van der Waals surface area contributed by atoms with Gasteiger partial charge in [0.15, 0.2) is 5.69 Å². The number of aliphatic carboxylic acids is 1. The van der Waals surface area contributed by atoms with E-state index in [2.05, 4.69) is 5.16 Å². The predicted molar refractivity (Wildman–Crippen MR) is 69.2 cm³/mol. The van der Waals surface area contributed by atoms with Gasteiger partial charge < -0.3 is 14.5 Å². The van der Waals surface area contributed by atoms with Crippen molar-refractivity contribution >= 4 is 11.9 Å². The second-order valence-corrected chi connectivity index (χ2v) is 5.74. The standard InChI is InChI=1S/C14H18N2O4/c1-8-6-10(15-20-8)13(17)16-11-5-3-2-4-9(11)7-12(16)14(18)19/h6,9,11-12H,2-5,7H2,1H3,(H,18,19)/t9-,11+,12-/m0/s1. The molecule has 1 saturated carbocycles. The van der Waals surface area contributed by atoms with Crippen LogP contribution in [0.25, 0.3) is 0 Å². The Morgan fingerprint density at radius 3 is 2.80 bits per heavy atom. The minimum atomic E-state index is -0.923.